The Balaban J connectivity index is 1.90. The molecule has 3 rings (SSSR count). The van der Waals surface area contributed by atoms with E-state index in [9.17, 15) is 9.90 Å². The van der Waals surface area contributed by atoms with Crippen LogP contribution in [0.1, 0.15) is 42.6 Å². The van der Waals surface area contributed by atoms with Gasteiger partial charge in [0.25, 0.3) is 0 Å². The minimum absolute atomic E-state index is 0.0253. The van der Waals surface area contributed by atoms with E-state index in [4.69, 9.17) is 4.74 Å². The van der Waals surface area contributed by atoms with Crippen molar-refractivity contribution in [3.8, 4) is 0 Å². The van der Waals surface area contributed by atoms with E-state index in [0.717, 1.165) is 12.0 Å². The first-order valence-electron chi connectivity index (χ1n) is 6.61. The van der Waals surface area contributed by atoms with Crippen molar-refractivity contribution in [1.82, 2.24) is 0 Å². The first-order chi connectivity index (χ1) is 8.65. The summed E-state index contributed by atoms with van der Waals surface area (Å²) in [5, 5.41) is 9.84. The van der Waals surface area contributed by atoms with Crippen molar-refractivity contribution in [3.63, 3.8) is 0 Å². The van der Waals surface area contributed by atoms with Crippen LogP contribution in [0.25, 0.3) is 0 Å². The lowest BCUT2D eigenvalue weighted by atomic mass is 9.94. The van der Waals surface area contributed by atoms with Crippen LogP contribution in [0.3, 0.4) is 0 Å². The molecule has 96 valence electrons. The molecule has 0 bridgehead atoms. The number of benzene rings is 1. The van der Waals surface area contributed by atoms with E-state index >= 15 is 0 Å². The lowest BCUT2D eigenvalue weighted by molar-refractivity contribution is -0.145. The highest BCUT2D eigenvalue weighted by atomic mass is 16.5. The Bertz CT molecular complexity index is 493. The fourth-order valence-corrected chi connectivity index (χ4v) is 3.42. The van der Waals surface area contributed by atoms with Crippen LogP contribution in [0.4, 0.5) is 0 Å². The standard InChI is InChI=1S/C15H18O3/c1-3-18-15(17)14-11-7-9-5-4-6-10(8(2)16)12(9)13(11)14/h4-6,8,11,13-14,16H,3,7H2,1-2H3. The zero-order valence-corrected chi connectivity index (χ0v) is 10.7. The number of carbonyl (C=O) groups excluding carboxylic acids is 1. The maximum Gasteiger partial charge on any atom is 0.309 e. The SMILES string of the molecule is CCOC(=O)C1C2Cc3cccc(C(C)O)c3C21. The molecule has 3 nitrogen and oxygen atoms in total. The number of aliphatic hydroxyl groups excluding tert-OH is 1. The predicted molar refractivity (Wildman–Crippen MR) is 67.1 cm³/mol. The molecule has 4 atom stereocenters. The maximum absolute atomic E-state index is 11.8. The molecule has 0 heterocycles. The molecule has 2 aliphatic rings. The number of hydrogen-bond donors (Lipinski definition) is 1. The fraction of sp³-hybridized carbons (Fsp3) is 0.533. The van der Waals surface area contributed by atoms with Crippen molar-refractivity contribution >= 4 is 5.97 Å². The Morgan fingerprint density at radius 2 is 2.33 bits per heavy atom. The van der Waals surface area contributed by atoms with Crippen molar-refractivity contribution in [2.24, 2.45) is 11.8 Å². The van der Waals surface area contributed by atoms with Crippen LogP contribution in [0.15, 0.2) is 18.2 Å². The Kier molecular flexibility index (Phi) is 2.67. The summed E-state index contributed by atoms with van der Waals surface area (Å²) >= 11 is 0. The van der Waals surface area contributed by atoms with Gasteiger partial charge in [-0.3, -0.25) is 4.79 Å². The van der Waals surface area contributed by atoms with E-state index in [1.165, 1.54) is 11.1 Å². The first-order valence-corrected chi connectivity index (χ1v) is 6.61. The van der Waals surface area contributed by atoms with Crippen molar-refractivity contribution in [3.05, 3.63) is 34.9 Å². The van der Waals surface area contributed by atoms with Crippen LogP contribution in [0.2, 0.25) is 0 Å². The molecular weight excluding hydrogens is 228 g/mol. The van der Waals surface area contributed by atoms with Crippen molar-refractivity contribution < 1.29 is 14.6 Å². The molecular formula is C15H18O3. The third-order valence-electron chi connectivity index (χ3n) is 4.20. The minimum Gasteiger partial charge on any atom is -0.466 e. The molecule has 0 saturated heterocycles. The summed E-state index contributed by atoms with van der Waals surface area (Å²) in [4.78, 5) is 11.8. The molecule has 1 N–H and O–H groups in total. The van der Waals surface area contributed by atoms with Gasteiger partial charge in [0, 0.05) is 5.92 Å². The highest BCUT2D eigenvalue weighted by molar-refractivity contribution is 5.80. The maximum atomic E-state index is 11.8. The number of hydrogen-bond acceptors (Lipinski definition) is 3. The summed E-state index contributed by atoms with van der Waals surface area (Å²) in [7, 11) is 0. The van der Waals surface area contributed by atoms with E-state index in [1.54, 1.807) is 6.92 Å². The van der Waals surface area contributed by atoms with Crippen LogP contribution in [0.5, 0.6) is 0 Å². The van der Waals surface area contributed by atoms with Crippen LogP contribution in [-0.2, 0) is 16.0 Å². The average molecular weight is 246 g/mol. The number of ether oxygens (including phenoxy) is 1. The molecule has 0 spiro atoms. The van der Waals surface area contributed by atoms with Gasteiger partial charge >= 0.3 is 5.97 Å². The van der Waals surface area contributed by atoms with Gasteiger partial charge in [-0.05, 0) is 42.9 Å². The molecule has 2 aliphatic carbocycles. The Morgan fingerprint density at radius 1 is 1.56 bits per heavy atom. The zero-order valence-electron chi connectivity index (χ0n) is 10.7. The number of carbonyl (C=O) groups is 1. The van der Waals surface area contributed by atoms with Gasteiger partial charge in [0.1, 0.15) is 0 Å². The number of rotatable bonds is 3. The van der Waals surface area contributed by atoms with Gasteiger partial charge in [0.2, 0.25) is 0 Å². The quantitative estimate of drug-likeness (QED) is 0.832. The van der Waals surface area contributed by atoms with Gasteiger partial charge in [0.15, 0.2) is 0 Å². The van der Waals surface area contributed by atoms with E-state index < -0.39 is 6.10 Å². The summed E-state index contributed by atoms with van der Waals surface area (Å²) in [6.07, 6.45) is 0.478. The predicted octanol–water partition coefficient (Wildman–Crippen LogP) is 2.19. The third kappa shape index (κ3) is 1.57. The monoisotopic (exact) mass is 246 g/mol. The van der Waals surface area contributed by atoms with Crippen LogP contribution >= 0.6 is 0 Å². The summed E-state index contributed by atoms with van der Waals surface area (Å²) in [5.74, 6) is 0.639. The molecule has 1 fully saturated rings. The minimum atomic E-state index is -0.470. The number of fused-ring (bicyclic) bond motifs is 3. The van der Waals surface area contributed by atoms with E-state index in [0.29, 0.717) is 12.5 Å². The Labute approximate surface area is 107 Å². The van der Waals surface area contributed by atoms with Gasteiger partial charge in [-0.1, -0.05) is 18.2 Å². The summed E-state index contributed by atoms with van der Waals surface area (Å²) in [6.45, 7) is 4.07. The second-order valence-corrected chi connectivity index (χ2v) is 5.27. The number of aliphatic hydroxyl groups is 1. The second kappa shape index (κ2) is 4.09. The van der Waals surface area contributed by atoms with Crippen molar-refractivity contribution in [2.45, 2.75) is 32.3 Å². The smallest absolute Gasteiger partial charge is 0.309 e. The second-order valence-electron chi connectivity index (χ2n) is 5.27. The lowest BCUT2D eigenvalue weighted by Gasteiger charge is -2.14. The zero-order chi connectivity index (χ0) is 12.9. The Morgan fingerprint density at radius 3 is 3.00 bits per heavy atom. The first kappa shape index (κ1) is 11.7. The average Bonchev–Trinajstić information content (AvgIpc) is 2.91. The van der Waals surface area contributed by atoms with Crippen LogP contribution < -0.4 is 0 Å². The number of esters is 1. The molecule has 0 amide bonds. The highest BCUT2D eigenvalue weighted by Crippen LogP contribution is 2.63. The van der Waals surface area contributed by atoms with Gasteiger partial charge in [-0.15, -0.1) is 0 Å². The van der Waals surface area contributed by atoms with Crippen LogP contribution in [-0.4, -0.2) is 17.7 Å². The molecule has 1 aromatic carbocycles. The third-order valence-corrected chi connectivity index (χ3v) is 4.20. The molecule has 1 saturated carbocycles. The topological polar surface area (TPSA) is 46.5 Å². The molecule has 3 heteroatoms. The van der Waals surface area contributed by atoms with E-state index in [1.807, 2.05) is 19.1 Å². The van der Waals surface area contributed by atoms with Crippen molar-refractivity contribution in [1.29, 1.82) is 0 Å². The highest BCUT2D eigenvalue weighted by Gasteiger charge is 2.60. The van der Waals surface area contributed by atoms with Gasteiger partial charge in [-0.2, -0.15) is 0 Å². The summed E-state index contributed by atoms with van der Waals surface area (Å²) < 4.78 is 5.12. The molecule has 0 aliphatic heterocycles. The Hall–Kier alpha value is -1.35. The molecule has 1 aromatic rings. The fourth-order valence-electron chi connectivity index (χ4n) is 3.42. The molecule has 4 unspecified atom stereocenters. The summed E-state index contributed by atoms with van der Waals surface area (Å²) in [5.41, 5.74) is 3.48. The normalized spacial score (nSPS) is 29.4. The molecule has 0 aromatic heterocycles. The molecule has 18 heavy (non-hydrogen) atoms. The van der Waals surface area contributed by atoms with E-state index in [-0.39, 0.29) is 17.8 Å². The van der Waals surface area contributed by atoms with Gasteiger partial charge < -0.3 is 9.84 Å². The van der Waals surface area contributed by atoms with Gasteiger partial charge in [0.05, 0.1) is 18.6 Å². The summed E-state index contributed by atoms with van der Waals surface area (Å²) in [6, 6.07) is 6.06. The van der Waals surface area contributed by atoms with Crippen molar-refractivity contribution in [2.75, 3.05) is 6.61 Å². The molecule has 0 radical (unpaired) electrons. The van der Waals surface area contributed by atoms with Gasteiger partial charge in [-0.25, -0.2) is 0 Å². The van der Waals surface area contributed by atoms with E-state index in [2.05, 4.69) is 6.07 Å². The lowest BCUT2D eigenvalue weighted by Crippen LogP contribution is -2.12. The van der Waals surface area contributed by atoms with Crippen LogP contribution in [0, 0.1) is 11.8 Å². The largest absolute Gasteiger partial charge is 0.466 e.